The smallest absolute Gasteiger partial charge is 0.416 e. The van der Waals surface area contributed by atoms with Gasteiger partial charge in [-0.2, -0.15) is 0 Å². The van der Waals surface area contributed by atoms with Gasteiger partial charge in [0.15, 0.2) is 0 Å². The second kappa shape index (κ2) is 7.12. The van der Waals surface area contributed by atoms with Gasteiger partial charge in [0, 0.05) is 5.92 Å². The molecule has 2 aromatic rings. The third kappa shape index (κ3) is 3.47. The number of carbonyl (C=O) groups excluding carboxylic acids is 1. The van der Waals surface area contributed by atoms with Gasteiger partial charge >= 0.3 is 6.09 Å². The van der Waals surface area contributed by atoms with Crippen LogP contribution in [0.15, 0.2) is 54.6 Å². The van der Waals surface area contributed by atoms with Crippen molar-refractivity contribution < 1.29 is 14.6 Å². The molecule has 1 aliphatic rings. The average Bonchev–Trinajstić information content (AvgIpc) is 2.59. The molecule has 0 aromatic heterocycles. The molecular weight excluding hydrogens is 326 g/mol. The first kappa shape index (κ1) is 18.5. The van der Waals surface area contributed by atoms with Gasteiger partial charge in [-0.25, -0.2) is 4.79 Å². The molecule has 0 saturated heterocycles. The third-order valence-electron chi connectivity index (χ3n) is 4.83. The monoisotopic (exact) mass is 353 g/mol. The van der Waals surface area contributed by atoms with Crippen molar-refractivity contribution in [2.24, 2.45) is 0 Å². The maximum absolute atomic E-state index is 12.9. The van der Waals surface area contributed by atoms with Crippen LogP contribution in [-0.2, 0) is 4.74 Å². The number of benzene rings is 2. The quantitative estimate of drug-likeness (QED) is 0.823. The van der Waals surface area contributed by atoms with Crippen molar-refractivity contribution in [1.82, 2.24) is 0 Å². The molecule has 0 spiro atoms. The summed E-state index contributed by atoms with van der Waals surface area (Å²) in [4.78, 5) is 14.3. The Morgan fingerprint density at radius 2 is 1.69 bits per heavy atom. The number of rotatable bonds is 2. The molecule has 0 bridgehead atoms. The van der Waals surface area contributed by atoms with Crippen molar-refractivity contribution in [2.75, 3.05) is 4.90 Å². The van der Waals surface area contributed by atoms with Crippen LogP contribution in [-0.4, -0.2) is 23.0 Å². The Bertz CT molecular complexity index is 766. The summed E-state index contributed by atoms with van der Waals surface area (Å²) in [5.74, 6) is -0.0779. The number of hydrogen-bond donors (Lipinski definition) is 1. The van der Waals surface area contributed by atoms with Gasteiger partial charge in [0.1, 0.15) is 11.8 Å². The van der Waals surface area contributed by atoms with Gasteiger partial charge in [0.2, 0.25) is 0 Å². The van der Waals surface area contributed by atoms with Crippen LogP contribution in [0.1, 0.15) is 57.1 Å². The molecule has 1 aliphatic heterocycles. The number of para-hydroxylation sites is 1. The molecule has 3 atom stereocenters. The van der Waals surface area contributed by atoms with E-state index in [0.717, 1.165) is 23.2 Å². The van der Waals surface area contributed by atoms with Gasteiger partial charge in [0.25, 0.3) is 0 Å². The zero-order chi connectivity index (χ0) is 18.9. The summed E-state index contributed by atoms with van der Waals surface area (Å²) in [5.41, 5.74) is 2.19. The SMILES string of the molecule is CC[C@@H]1c2ccccc2N(C(=O)OC(C)(C)C)[C@@H](O)[C@H]1c1ccccc1. The van der Waals surface area contributed by atoms with Gasteiger partial charge < -0.3 is 9.84 Å². The van der Waals surface area contributed by atoms with Gasteiger partial charge in [-0.1, -0.05) is 55.5 Å². The Morgan fingerprint density at radius 3 is 2.31 bits per heavy atom. The van der Waals surface area contributed by atoms with E-state index in [1.165, 1.54) is 4.90 Å². The highest BCUT2D eigenvalue weighted by molar-refractivity contribution is 5.90. The molecule has 0 saturated carbocycles. The number of hydrogen-bond acceptors (Lipinski definition) is 3. The highest BCUT2D eigenvalue weighted by Crippen LogP contribution is 2.48. The molecule has 4 nitrogen and oxygen atoms in total. The molecule has 26 heavy (non-hydrogen) atoms. The van der Waals surface area contributed by atoms with E-state index in [1.807, 2.05) is 75.4 Å². The van der Waals surface area contributed by atoms with E-state index in [4.69, 9.17) is 4.74 Å². The van der Waals surface area contributed by atoms with Gasteiger partial charge in [0.05, 0.1) is 5.69 Å². The first-order valence-electron chi connectivity index (χ1n) is 9.17. The Morgan fingerprint density at radius 1 is 1.08 bits per heavy atom. The van der Waals surface area contributed by atoms with Crippen molar-refractivity contribution in [1.29, 1.82) is 0 Å². The maximum atomic E-state index is 12.9. The fourth-order valence-corrected chi connectivity index (χ4v) is 3.80. The summed E-state index contributed by atoms with van der Waals surface area (Å²) in [6, 6.07) is 17.7. The maximum Gasteiger partial charge on any atom is 0.416 e. The Balaban J connectivity index is 2.11. The lowest BCUT2D eigenvalue weighted by atomic mass is 9.75. The van der Waals surface area contributed by atoms with Gasteiger partial charge in [-0.05, 0) is 50.3 Å². The van der Waals surface area contributed by atoms with Crippen LogP contribution in [0.5, 0.6) is 0 Å². The van der Waals surface area contributed by atoms with Crippen LogP contribution in [0.25, 0.3) is 0 Å². The molecule has 0 fully saturated rings. The normalized spacial score (nSPS) is 22.7. The number of amides is 1. The minimum atomic E-state index is -0.980. The Hall–Kier alpha value is -2.33. The second-order valence-electron chi connectivity index (χ2n) is 7.77. The predicted molar refractivity (Wildman–Crippen MR) is 103 cm³/mol. The summed E-state index contributed by atoms with van der Waals surface area (Å²) >= 11 is 0. The van der Waals surface area contributed by atoms with E-state index in [2.05, 4.69) is 6.92 Å². The Labute approximate surface area is 155 Å². The van der Waals surface area contributed by atoms with Crippen LogP contribution in [0.3, 0.4) is 0 Å². The van der Waals surface area contributed by atoms with E-state index in [-0.39, 0.29) is 11.8 Å². The molecule has 4 heteroatoms. The topological polar surface area (TPSA) is 49.8 Å². The minimum absolute atomic E-state index is 0.127. The number of aliphatic hydroxyl groups is 1. The number of carbonyl (C=O) groups is 1. The molecule has 0 aliphatic carbocycles. The van der Waals surface area contributed by atoms with Crippen LogP contribution < -0.4 is 4.90 Å². The molecule has 1 amide bonds. The highest BCUT2D eigenvalue weighted by atomic mass is 16.6. The van der Waals surface area contributed by atoms with Crippen molar-refractivity contribution >= 4 is 11.8 Å². The lowest BCUT2D eigenvalue weighted by molar-refractivity contribution is 0.0404. The number of fused-ring (bicyclic) bond motifs is 1. The van der Waals surface area contributed by atoms with Crippen molar-refractivity contribution in [3.8, 4) is 0 Å². The molecule has 0 radical (unpaired) electrons. The van der Waals surface area contributed by atoms with Crippen molar-refractivity contribution in [2.45, 2.75) is 57.8 Å². The lowest BCUT2D eigenvalue weighted by Gasteiger charge is -2.44. The van der Waals surface area contributed by atoms with Crippen molar-refractivity contribution in [3.05, 3.63) is 65.7 Å². The van der Waals surface area contributed by atoms with Crippen LogP contribution >= 0.6 is 0 Å². The third-order valence-corrected chi connectivity index (χ3v) is 4.83. The van der Waals surface area contributed by atoms with Gasteiger partial charge in [-0.3, -0.25) is 4.90 Å². The van der Waals surface area contributed by atoms with Gasteiger partial charge in [-0.15, -0.1) is 0 Å². The molecule has 1 heterocycles. The molecule has 138 valence electrons. The number of anilines is 1. The average molecular weight is 353 g/mol. The summed E-state index contributed by atoms with van der Waals surface area (Å²) < 4.78 is 5.58. The number of nitrogens with zero attached hydrogens (tertiary/aromatic N) is 1. The largest absolute Gasteiger partial charge is 0.443 e. The molecule has 1 N–H and O–H groups in total. The second-order valence-corrected chi connectivity index (χ2v) is 7.77. The summed E-state index contributed by atoms with van der Waals surface area (Å²) in [5, 5.41) is 11.2. The molecular formula is C22H27NO3. The summed E-state index contributed by atoms with van der Waals surface area (Å²) in [6.07, 6.45) is -0.629. The van der Waals surface area contributed by atoms with E-state index in [1.54, 1.807) is 0 Å². The minimum Gasteiger partial charge on any atom is -0.443 e. The lowest BCUT2D eigenvalue weighted by Crippen LogP contribution is -2.50. The molecule has 2 aromatic carbocycles. The van der Waals surface area contributed by atoms with E-state index in [9.17, 15) is 9.90 Å². The van der Waals surface area contributed by atoms with Crippen molar-refractivity contribution in [3.63, 3.8) is 0 Å². The van der Waals surface area contributed by atoms with Crippen LogP contribution in [0, 0.1) is 0 Å². The molecule has 0 unspecified atom stereocenters. The fourth-order valence-electron chi connectivity index (χ4n) is 3.80. The molecule has 3 rings (SSSR count). The van der Waals surface area contributed by atoms with E-state index in [0.29, 0.717) is 0 Å². The highest BCUT2D eigenvalue weighted by Gasteiger charge is 2.44. The van der Waals surface area contributed by atoms with E-state index >= 15 is 0 Å². The number of ether oxygens (including phenoxy) is 1. The standard InChI is InChI=1S/C22H27NO3/c1-5-16-17-13-9-10-14-18(17)23(21(25)26-22(2,3)4)20(24)19(16)15-11-7-6-8-12-15/h6-14,16,19-20,24H,5H2,1-4H3/t16-,19+,20+/m1/s1. The zero-order valence-electron chi connectivity index (χ0n) is 15.8. The fraction of sp³-hybridized carbons (Fsp3) is 0.409. The van der Waals surface area contributed by atoms with E-state index < -0.39 is 17.9 Å². The summed E-state index contributed by atoms with van der Waals surface area (Å²) in [7, 11) is 0. The zero-order valence-corrected chi connectivity index (χ0v) is 15.8. The van der Waals surface area contributed by atoms with Crippen LogP contribution in [0.2, 0.25) is 0 Å². The van der Waals surface area contributed by atoms with Crippen LogP contribution in [0.4, 0.5) is 10.5 Å². The summed E-state index contributed by atoms with van der Waals surface area (Å²) in [6.45, 7) is 7.61. The first-order valence-corrected chi connectivity index (χ1v) is 9.17. The Kier molecular flexibility index (Phi) is 5.05. The first-order chi connectivity index (χ1) is 12.3. The predicted octanol–water partition coefficient (Wildman–Crippen LogP) is 5.04. The number of aliphatic hydroxyl groups excluding tert-OH is 1.